The fourth-order valence-electron chi connectivity index (χ4n) is 15.1. The van der Waals surface area contributed by atoms with Gasteiger partial charge in [0.25, 0.3) is 41.4 Å². The number of rotatable bonds is 31. The molecule has 0 spiro atoms. The van der Waals surface area contributed by atoms with E-state index in [1.54, 1.807) is 37.3 Å². The van der Waals surface area contributed by atoms with E-state index in [0.29, 0.717) is 107 Å². The van der Waals surface area contributed by atoms with Crippen molar-refractivity contribution in [2.45, 2.75) is 137 Å². The number of carbonyl (C=O) groups is 18. The van der Waals surface area contributed by atoms with Gasteiger partial charge >= 0.3 is 0 Å². The van der Waals surface area contributed by atoms with Crippen LogP contribution in [0.3, 0.4) is 0 Å². The van der Waals surface area contributed by atoms with Gasteiger partial charge in [0.15, 0.2) is 0 Å². The van der Waals surface area contributed by atoms with Gasteiger partial charge in [0, 0.05) is 114 Å². The Hall–Kier alpha value is -13.2. The van der Waals surface area contributed by atoms with Crippen molar-refractivity contribution in [1.29, 1.82) is 0 Å². The van der Waals surface area contributed by atoms with E-state index >= 15 is 0 Å². The Kier molecular flexibility index (Phi) is 42.4. The first-order valence-corrected chi connectivity index (χ1v) is 42.1. The number of imide groups is 9. The molecule has 10 unspecified atom stereocenters. The quantitative estimate of drug-likeness (QED) is 0.0288. The number of benzene rings is 1. The number of fused-ring (bicyclic) bond motifs is 6. The number of likely N-dealkylation sites (tertiary alicyclic amines) is 6. The number of unbranched alkanes of at least 4 members (excludes halogenated alkanes) is 4. The highest BCUT2D eigenvalue weighted by Crippen LogP contribution is 2.45. The van der Waals surface area contributed by atoms with E-state index in [2.05, 4.69) is 98.4 Å². The highest BCUT2D eigenvalue weighted by molar-refractivity contribution is 6.33. The summed E-state index contributed by atoms with van der Waals surface area (Å²) < 4.78 is 5.50. The van der Waals surface area contributed by atoms with Crippen LogP contribution in [-0.2, 0) is 91.0 Å². The Balaban J connectivity index is 0.000000253. The van der Waals surface area contributed by atoms with E-state index in [1.165, 1.54) is 97.3 Å². The largest absolute Gasteiger partial charge is 0.365 e. The first-order chi connectivity index (χ1) is 60.2. The van der Waals surface area contributed by atoms with E-state index in [1.807, 2.05) is 80.6 Å². The van der Waals surface area contributed by atoms with Crippen molar-refractivity contribution in [1.82, 2.24) is 44.1 Å². The summed E-state index contributed by atoms with van der Waals surface area (Å²) in [5, 5.41) is 0. The summed E-state index contributed by atoms with van der Waals surface area (Å²) in [6.07, 6.45) is 45.7. The summed E-state index contributed by atoms with van der Waals surface area (Å²) in [5.41, 5.74) is 3.03. The van der Waals surface area contributed by atoms with Gasteiger partial charge in [0.1, 0.15) is 0 Å². The third-order valence-electron chi connectivity index (χ3n) is 21.4. The lowest BCUT2D eigenvalue weighted by Gasteiger charge is -2.22. The average molecular weight is 1730 g/mol. The lowest BCUT2D eigenvalue weighted by Crippen LogP contribution is -2.34. The van der Waals surface area contributed by atoms with Crippen molar-refractivity contribution in [3.8, 4) is 0 Å². The number of carbonyl (C=O) groups excluding carboxylic acids is 18. The van der Waals surface area contributed by atoms with E-state index in [9.17, 15) is 86.3 Å². The molecular formula is C98H119N9O19. The molecule has 18 amide bonds. The average Bonchev–Trinajstić information content (AvgIpc) is 1.57. The van der Waals surface area contributed by atoms with E-state index in [-0.39, 0.29) is 185 Å². The molecule has 126 heavy (non-hydrogen) atoms. The number of hydrogen-bond donors (Lipinski definition) is 0. The minimum absolute atomic E-state index is 0.0262. The van der Waals surface area contributed by atoms with Gasteiger partial charge in [-0.05, 0) is 70.3 Å². The van der Waals surface area contributed by atoms with E-state index < -0.39 is 0 Å². The fraction of sp³-hybridized carbons (Fsp3) is 0.388. The molecule has 12 aliphatic rings. The second kappa shape index (κ2) is 51.8. The number of allylic oxidation sites excluding steroid dienone is 7. The summed E-state index contributed by atoms with van der Waals surface area (Å²) >= 11 is 0. The zero-order valence-electron chi connectivity index (χ0n) is 73.1. The topological polar surface area (TPSA) is 346 Å². The van der Waals surface area contributed by atoms with Crippen LogP contribution in [0.15, 0.2) is 247 Å². The maximum Gasteiger partial charge on any atom is 0.261 e. The van der Waals surface area contributed by atoms with Crippen LogP contribution in [0.4, 0.5) is 0 Å². The van der Waals surface area contributed by atoms with Crippen LogP contribution in [0, 0.1) is 47.3 Å². The van der Waals surface area contributed by atoms with Crippen molar-refractivity contribution in [3.05, 3.63) is 253 Å². The van der Waals surface area contributed by atoms with Crippen molar-refractivity contribution >= 4 is 112 Å². The smallest absolute Gasteiger partial charge is 0.261 e. The summed E-state index contributed by atoms with van der Waals surface area (Å²) in [4.78, 5) is 218. The van der Waals surface area contributed by atoms with Crippen LogP contribution >= 0.6 is 0 Å². The minimum atomic E-state index is -0.285. The second-order valence-electron chi connectivity index (χ2n) is 30.9. The van der Waals surface area contributed by atoms with Crippen molar-refractivity contribution in [3.63, 3.8) is 0 Å². The van der Waals surface area contributed by atoms with Crippen molar-refractivity contribution < 1.29 is 91.0 Å². The lowest BCUT2D eigenvalue weighted by atomic mass is 9.78. The van der Waals surface area contributed by atoms with Gasteiger partial charge in [-0.15, -0.1) is 65.8 Å². The van der Waals surface area contributed by atoms with Crippen LogP contribution in [0.5, 0.6) is 0 Å². The number of amides is 18. The Morgan fingerprint density at radius 3 is 1.26 bits per heavy atom. The molecule has 0 saturated carbocycles. The van der Waals surface area contributed by atoms with Crippen LogP contribution < -0.4 is 0 Å². The minimum Gasteiger partial charge on any atom is -0.365 e. The van der Waals surface area contributed by atoms with Gasteiger partial charge in [-0.1, -0.05) is 186 Å². The molecule has 670 valence electrons. The first-order valence-electron chi connectivity index (χ1n) is 42.1. The molecular weight excluding hydrogens is 1610 g/mol. The Bertz CT molecular complexity index is 4590. The summed E-state index contributed by atoms with van der Waals surface area (Å²) in [6.45, 7) is 51.4. The molecule has 28 nitrogen and oxygen atoms in total. The Morgan fingerprint density at radius 1 is 0.421 bits per heavy atom. The van der Waals surface area contributed by atoms with Gasteiger partial charge in [-0.25, -0.2) is 0 Å². The summed E-state index contributed by atoms with van der Waals surface area (Å²) in [5.74, 6) is -3.79. The van der Waals surface area contributed by atoms with Gasteiger partial charge in [-0.2, -0.15) is 0 Å². The standard InChI is InChI=1S/C15H23NO2.C13H11NO2.C13H19NO2.C12H15NO2.C11H11NO3.C11H15NO2.2C8H9NO2.C7H7NO2/c1-3-5-6-7-8-9-10-13-12-14(17)16(11-4-2)15(13)18;1-2-8-14-12(15)9-11(13(14)16)10-6-4-3-5-7-10;1-3-5-6-7-8-11-10-12(15)14(9-4-2)13(11)16;1-3-7-13-11(14)9-6-4-5-8(2)10(9)12(13)15;1-2-5-12-10(13)8-6-3-4-7(15-6)9(8)11(12)14;1-4-5-12-10(13)7-9(11(12)14)6-8(2)3;2*1-3-4-9-7(10)5-6(2)8(9)11;1-2-5-8-6(9)3-4-7(8)10/h4,8-9,13H,2-3,5-7,10-12H2,1H3;2-7,9H,1,8H2;4,6-7,11H,2-3,5,8-10H2,1H3;3-5,8-10H,1,6-7H2,2H3;2-4,6-9H,1,5H2;4,9H,1-2,5-7H2,3H3;3,5H,1,4H2,2H3;3H,1-2,4-5H2;2-4H,1,5H2/b9-8-;;7-6-;;;;;;. The molecule has 13 rings (SSSR count). The lowest BCUT2D eigenvalue weighted by molar-refractivity contribution is -0.142. The maximum absolute atomic E-state index is 12.0. The Labute approximate surface area is 738 Å². The van der Waals surface area contributed by atoms with Crippen molar-refractivity contribution in [2.24, 2.45) is 47.3 Å². The monoisotopic (exact) mass is 1730 g/mol. The van der Waals surface area contributed by atoms with Gasteiger partial charge in [-0.3, -0.25) is 130 Å². The van der Waals surface area contributed by atoms with Gasteiger partial charge in [0.2, 0.25) is 65.0 Å². The molecule has 0 N–H and O–H groups in total. The highest BCUT2D eigenvalue weighted by Gasteiger charge is 2.60. The number of nitrogens with zero attached hydrogens (tertiary/aromatic N) is 9. The van der Waals surface area contributed by atoms with Crippen LogP contribution in [0.25, 0.3) is 5.57 Å². The molecule has 0 radical (unpaired) electrons. The zero-order valence-corrected chi connectivity index (χ0v) is 73.1. The van der Waals surface area contributed by atoms with Crippen LogP contribution in [-0.4, -0.2) is 222 Å². The molecule has 2 bridgehead atoms. The molecule has 1 aromatic rings. The fourth-order valence-corrected chi connectivity index (χ4v) is 15.1. The summed E-state index contributed by atoms with van der Waals surface area (Å²) in [6, 6.07) is 9.17. The first kappa shape index (κ1) is 103. The second-order valence-corrected chi connectivity index (χ2v) is 30.9. The van der Waals surface area contributed by atoms with E-state index in [4.69, 9.17) is 4.74 Å². The molecule has 1 aromatic carbocycles. The molecule has 11 aliphatic heterocycles. The SMILES string of the molecule is C=CCN1C(=O)C2C3C=CC(O3)C2C1=O.C=CCN1C(=O)C2CC=CC(C)C2C1=O.C=CCN1C(=O)C=C(C)C1=O.C=CCN1C(=O)C=C(c2ccccc2)C1=O.C=CCN1C(=O)C=CC1=O.C=CCN1C(=O)CC(=C)C1=O.C=CCN1C(=O)CC(C/C=C\CCC)C1=O.C=CCN1C(=O)CC(C/C=C\CCCCC)C1=O.C=CCN1C(=O)CC(CC(=C)C)C1=O. The molecule has 0 aromatic heterocycles. The molecule has 1 aliphatic carbocycles. The van der Waals surface area contributed by atoms with Crippen molar-refractivity contribution in [2.75, 3.05) is 58.9 Å². The maximum atomic E-state index is 12.0. The third-order valence-corrected chi connectivity index (χ3v) is 21.4. The van der Waals surface area contributed by atoms with E-state index in [0.717, 1.165) is 45.1 Å². The Morgan fingerprint density at radius 2 is 0.833 bits per heavy atom. The molecule has 11 heterocycles. The van der Waals surface area contributed by atoms with Gasteiger partial charge < -0.3 is 4.74 Å². The molecule has 7 fully saturated rings. The summed E-state index contributed by atoms with van der Waals surface area (Å²) in [7, 11) is 0. The highest BCUT2D eigenvalue weighted by atomic mass is 16.5. The molecule has 28 heteroatoms. The number of hydrogen-bond acceptors (Lipinski definition) is 19. The van der Waals surface area contributed by atoms with Crippen LogP contribution in [0.2, 0.25) is 0 Å². The van der Waals surface area contributed by atoms with Gasteiger partial charge in [0.05, 0.1) is 65.6 Å². The predicted octanol–water partition coefficient (Wildman–Crippen LogP) is 11.1. The normalized spacial score (nSPS) is 23.3. The third kappa shape index (κ3) is 27.6. The number of ether oxygens (including phenoxy) is 1. The molecule has 7 saturated heterocycles. The molecule has 10 atom stereocenters. The zero-order chi connectivity index (χ0) is 93.6. The van der Waals surface area contributed by atoms with Crippen LogP contribution in [0.1, 0.15) is 130 Å². The predicted molar refractivity (Wildman–Crippen MR) is 478 cm³/mol.